The Morgan fingerprint density at radius 2 is 2.19 bits per heavy atom. The molecule has 0 saturated heterocycles. The summed E-state index contributed by atoms with van der Waals surface area (Å²) in [6.45, 7) is 2.43. The van der Waals surface area contributed by atoms with Crippen molar-refractivity contribution in [2.24, 2.45) is 7.05 Å². The predicted molar refractivity (Wildman–Crippen MR) is 79.1 cm³/mol. The van der Waals surface area contributed by atoms with Crippen LogP contribution in [0.5, 0.6) is 0 Å². The van der Waals surface area contributed by atoms with E-state index in [2.05, 4.69) is 25.7 Å². The van der Waals surface area contributed by atoms with E-state index in [0.717, 1.165) is 5.56 Å². The number of hydrogen-bond acceptors (Lipinski definition) is 6. The maximum absolute atomic E-state index is 11.7. The number of likely N-dealkylation sites (N-methyl/N-ethyl adjacent to an activating group) is 1. The zero-order valence-electron chi connectivity index (χ0n) is 12.2. The molecule has 0 bridgehead atoms. The fourth-order valence-corrected chi connectivity index (χ4v) is 2.16. The van der Waals surface area contributed by atoms with Gasteiger partial charge >= 0.3 is 0 Å². The first-order valence-corrected chi connectivity index (χ1v) is 6.66. The molecule has 0 spiro atoms. The Labute approximate surface area is 122 Å². The highest BCUT2D eigenvalue weighted by molar-refractivity contribution is 6.02. The maximum atomic E-state index is 11.7. The summed E-state index contributed by atoms with van der Waals surface area (Å²) in [5, 5.41) is 10.1. The minimum absolute atomic E-state index is 0.0512. The van der Waals surface area contributed by atoms with Gasteiger partial charge in [-0.15, -0.1) is 0 Å². The number of rotatable bonds is 3. The Morgan fingerprint density at radius 1 is 1.38 bits per heavy atom. The second-order valence-corrected chi connectivity index (χ2v) is 5.08. The molecule has 1 aliphatic rings. The van der Waals surface area contributed by atoms with Crippen LogP contribution >= 0.6 is 0 Å². The molecule has 21 heavy (non-hydrogen) atoms. The van der Waals surface area contributed by atoms with Crippen LogP contribution in [0.15, 0.2) is 18.6 Å². The number of amides is 1. The van der Waals surface area contributed by atoms with Crippen molar-refractivity contribution < 1.29 is 4.79 Å². The lowest BCUT2D eigenvalue weighted by molar-refractivity contribution is -0.117. The van der Waals surface area contributed by atoms with Gasteiger partial charge in [0.25, 0.3) is 0 Å². The van der Waals surface area contributed by atoms with E-state index < -0.39 is 0 Å². The first-order chi connectivity index (χ1) is 10.0. The Hall–Kier alpha value is -2.64. The van der Waals surface area contributed by atoms with Crippen LogP contribution in [0.3, 0.4) is 0 Å². The summed E-state index contributed by atoms with van der Waals surface area (Å²) in [7, 11) is 3.72. The van der Waals surface area contributed by atoms with Gasteiger partial charge in [0.05, 0.1) is 12.4 Å². The van der Waals surface area contributed by atoms with Gasteiger partial charge in [-0.05, 0) is 6.92 Å². The second-order valence-electron chi connectivity index (χ2n) is 5.08. The van der Waals surface area contributed by atoms with E-state index in [4.69, 9.17) is 0 Å². The molecule has 1 amide bonds. The zero-order chi connectivity index (χ0) is 15.0. The van der Waals surface area contributed by atoms with E-state index in [1.165, 1.54) is 0 Å². The zero-order valence-corrected chi connectivity index (χ0v) is 12.2. The molecule has 110 valence electrons. The van der Waals surface area contributed by atoms with Gasteiger partial charge in [-0.3, -0.25) is 9.48 Å². The van der Waals surface area contributed by atoms with Crippen molar-refractivity contribution in [2.75, 3.05) is 22.6 Å². The smallest absolute Gasteiger partial charge is 0.246 e. The van der Waals surface area contributed by atoms with Crippen molar-refractivity contribution in [3.05, 3.63) is 24.2 Å². The molecule has 2 N–H and O–H groups in total. The fraction of sp³-hybridized carbons (Fsp3) is 0.385. The van der Waals surface area contributed by atoms with E-state index in [-0.39, 0.29) is 11.9 Å². The number of carbonyl (C=O) groups is 1. The SMILES string of the molecule is C[C@H]1C(=O)Nc2cnc(NCc3cnn(C)c3)nc2N1C. The van der Waals surface area contributed by atoms with Gasteiger partial charge < -0.3 is 15.5 Å². The topological polar surface area (TPSA) is 88.0 Å². The summed E-state index contributed by atoms with van der Waals surface area (Å²) in [6, 6.07) is -0.251. The number of nitrogens with zero attached hydrogens (tertiary/aromatic N) is 5. The minimum atomic E-state index is -0.251. The molecule has 1 aliphatic heterocycles. The summed E-state index contributed by atoms with van der Waals surface area (Å²) in [5.74, 6) is 1.18. The number of fused-ring (bicyclic) bond motifs is 1. The van der Waals surface area contributed by atoms with Gasteiger partial charge in [-0.1, -0.05) is 0 Å². The van der Waals surface area contributed by atoms with Crippen LogP contribution in [0.2, 0.25) is 0 Å². The van der Waals surface area contributed by atoms with Crippen molar-refractivity contribution in [1.29, 1.82) is 0 Å². The Kier molecular flexibility index (Phi) is 3.20. The summed E-state index contributed by atoms with van der Waals surface area (Å²) < 4.78 is 1.75. The van der Waals surface area contributed by atoms with Crippen molar-refractivity contribution in [1.82, 2.24) is 19.7 Å². The molecule has 3 rings (SSSR count). The average Bonchev–Trinajstić information content (AvgIpc) is 2.89. The first-order valence-electron chi connectivity index (χ1n) is 6.66. The molecule has 2 aromatic rings. The van der Waals surface area contributed by atoms with E-state index >= 15 is 0 Å². The van der Waals surface area contributed by atoms with Crippen LogP contribution in [0.1, 0.15) is 12.5 Å². The van der Waals surface area contributed by atoms with Crippen LogP contribution in [0.4, 0.5) is 17.5 Å². The molecular weight excluding hydrogens is 270 g/mol. The molecule has 8 heteroatoms. The number of aryl methyl sites for hydroxylation is 1. The molecular formula is C13H17N7O. The lowest BCUT2D eigenvalue weighted by atomic mass is 10.2. The summed E-state index contributed by atoms with van der Waals surface area (Å²) in [6.07, 6.45) is 5.34. The van der Waals surface area contributed by atoms with Gasteiger partial charge in [0.1, 0.15) is 11.7 Å². The molecule has 0 aliphatic carbocycles. The van der Waals surface area contributed by atoms with Crippen molar-refractivity contribution in [2.45, 2.75) is 19.5 Å². The van der Waals surface area contributed by atoms with Crippen LogP contribution in [-0.4, -0.2) is 38.7 Å². The van der Waals surface area contributed by atoms with Crippen LogP contribution in [0, 0.1) is 0 Å². The van der Waals surface area contributed by atoms with Gasteiger partial charge in [0.2, 0.25) is 11.9 Å². The minimum Gasteiger partial charge on any atom is -0.350 e. The highest BCUT2D eigenvalue weighted by atomic mass is 16.2. The summed E-state index contributed by atoms with van der Waals surface area (Å²) in [4.78, 5) is 22.3. The van der Waals surface area contributed by atoms with E-state index in [0.29, 0.717) is 24.0 Å². The molecule has 0 aromatic carbocycles. The molecule has 3 heterocycles. The largest absolute Gasteiger partial charge is 0.350 e. The highest BCUT2D eigenvalue weighted by Gasteiger charge is 2.28. The predicted octanol–water partition coefficient (Wildman–Crippen LogP) is 0.599. The van der Waals surface area contributed by atoms with E-state index in [1.807, 2.05) is 32.1 Å². The molecule has 0 saturated carbocycles. The number of aromatic nitrogens is 4. The van der Waals surface area contributed by atoms with Gasteiger partial charge in [0.15, 0.2) is 5.82 Å². The van der Waals surface area contributed by atoms with E-state index in [1.54, 1.807) is 17.1 Å². The van der Waals surface area contributed by atoms with E-state index in [9.17, 15) is 4.79 Å². The standard InChI is InChI=1S/C13H17N7O/c1-8-12(21)17-10-6-15-13(18-11(10)20(8)3)14-4-9-5-16-19(2)7-9/h5-8H,4H2,1-3H3,(H,17,21)(H,14,15,18)/t8-/m0/s1. The summed E-state index contributed by atoms with van der Waals surface area (Å²) in [5.41, 5.74) is 1.68. The number of hydrogen-bond donors (Lipinski definition) is 2. The number of carbonyl (C=O) groups excluding carboxylic acids is 1. The normalized spacial score (nSPS) is 17.4. The molecule has 0 fully saturated rings. The lowest BCUT2D eigenvalue weighted by Gasteiger charge is -2.31. The van der Waals surface area contributed by atoms with Crippen LogP contribution in [0.25, 0.3) is 0 Å². The average molecular weight is 287 g/mol. The van der Waals surface area contributed by atoms with Crippen molar-refractivity contribution >= 4 is 23.4 Å². The second kappa shape index (κ2) is 5.04. The van der Waals surface area contributed by atoms with Gasteiger partial charge in [-0.2, -0.15) is 10.1 Å². The molecule has 8 nitrogen and oxygen atoms in total. The monoisotopic (exact) mass is 287 g/mol. The van der Waals surface area contributed by atoms with Crippen molar-refractivity contribution in [3.8, 4) is 0 Å². The molecule has 2 aromatic heterocycles. The molecule has 0 unspecified atom stereocenters. The molecule has 1 atom stereocenters. The number of anilines is 3. The van der Waals surface area contributed by atoms with Crippen LogP contribution < -0.4 is 15.5 Å². The third-order valence-corrected chi connectivity index (χ3v) is 3.53. The Morgan fingerprint density at radius 3 is 2.90 bits per heavy atom. The first kappa shape index (κ1) is 13.3. The third-order valence-electron chi connectivity index (χ3n) is 3.53. The Bertz CT molecular complexity index is 681. The number of nitrogens with one attached hydrogen (secondary N) is 2. The quantitative estimate of drug-likeness (QED) is 0.859. The van der Waals surface area contributed by atoms with Crippen LogP contribution in [-0.2, 0) is 18.4 Å². The third kappa shape index (κ3) is 2.51. The van der Waals surface area contributed by atoms with Gasteiger partial charge in [0, 0.05) is 32.4 Å². The maximum Gasteiger partial charge on any atom is 0.246 e. The lowest BCUT2D eigenvalue weighted by Crippen LogP contribution is -2.44. The molecule has 0 radical (unpaired) electrons. The van der Waals surface area contributed by atoms with Gasteiger partial charge in [-0.25, -0.2) is 4.98 Å². The fourth-order valence-electron chi connectivity index (χ4n) is 2.16. The Balaban J connectivity index is 1.78. The highest BCUT2D eigenvalue weighted by Crippen LogP contribution is 2.28. The summed E-state index contributed by atoms with van der Waals surface area (Å²) >= 11 is 0. The van der Waals surface area contributed by atoms with Crippen molar-refractivity contribution in [3.63, 3.8) is 0 Å².